The van der Waals surface area contributed by atoms with Crippen LogP contribution in [0.3, 0.4) is 0 Å². The van der Waals surface area contributed by atoms with E-state index >= 15 is 0 Å². The zero-order valence-corrected chi connectivity index (χ0v) is 13.9. The summed E-state index contributed by atoms with van der Waals surface area (Å²) in [5.41, 5.74) is -0.428. The third-order valence-corrected chi connectivity index (χ3v) is 3.68. The molecule has 3 amide bonds. The van der Waals surface area contributed by atoms with E-state index in [1.165, 1.54) is 12.4 Å². The van der Waals surface area contributed by atoms with Crippen LogP contribution in [0.4, 0.5) is 4.79 Å². The average molecular weight is 333 g/mol. The van der Waals surface area contributed by atoms with Crippen molar-refractivity contribution in [3.05, 3.63) is 23.8 Å². The first-order valence-corrected chi connectivity index (χ1v) is 7.70. The number of fused-ring (bicyclic) bond motifs is 1. The van der Waals surface area contributed by atoms with Crippen LogP contribution in [0, 0.1) is 0 Å². The molecule has 0 N–H and O–H groups in total. The Balaban J connectivity index is 1.65. The Kier molecular flexibility index (Phi) is 3.96. The fourth-order valence-electron chi connectivity index (χ4n) is 2.61. The largest absolute Gasteiger partial charge is 0.444 e. The lowest BCUT2D eigenvalue weighted by Gasteiger charge is -2.38. The van der Waals surface area contributed by atoms with Crippen LogP contribution in [-0.4, -0.2) is 74.6 Å². The number of ether oxygens (including phenoxy) is 1. The number of imide groups is 1. The minimum Gasteiger partial charge on any atom is -0.444 e. The second-order valence-electron chi connectivity index (χ2n) is 6.60. The third-order valence-electron chi connectivity index (χ3n) is 3.68. The number of rotatable bonds is 1. The maximum Gasteiger partial charge on any atom is 0.410 e. The Bertz CT molecular complexity index is 656. The maximum absolute atomic E-state index is 12.4. The zero-order valence-electron chi connectivity index (χ0n) is 13.9. The van der Waals surface area contributed by atoms with Gasteiger partial charge in [-0.2, -0.15) is 5.01 Å². The molecule has 2 aliphatic heterocycles. The molecule has 1 aromatic rings. The number of nitrogens with zero attached hydrogens (tertiary/aromatic N) is 5. The highest BCUT2D eigenvalue weighted by Gasteiger charge is 2.43. The molecule has 1 fully saturated rings. The Labute approximate surface area is 139 Å². The van der Waals surface area contributed by atoms with Gasteiger partial charge in [0.1, 0.15) is 5.60 Å². The van der Waals surface area contributed by atoms with Crippen molar-refractivity contribution in [1.29, 1.82) is 0 Å². The molecular weight excluding hydrogens is 314 g/mol. The van der Waals surface area contributed by atoms with Crippen LogP contribution < -0.4 is 0 Å². The second kappa shape index (κ2) is 5.82. The lowest BCUT2D eigenvalue weighted by Crippen LogP contribution is -2.57. The number of aromatic nitrogens is 2. The van der Waals surface area contributed by atoms with E-state index in [0.717, 1.165) is 5.01 Å². The summed E-state index contributed by atoms with van der Waals surface area (Å²) < 4.78 is 5.33. The molecule has 3 rings (SSSR count). The average Bonchev–Trinajstić information content (AvgIpc) is 2.78. The van der Waals surface area contributed by atoms with Crippen molar-refractivity contribution in [1.82, 2.24) is 24.9 Å². The molecule has 3 heterocycles. The van der Waals surface area contributed by atoms with Crippen LogP contribution in [0.1, 0.15) is 41.7 Å². The highest BCUT2D eigenvalue weighted by atomic mass is 16.6. The van der Waals surface area contributed by atoms with Crippen molar-refractivity contribution in [2.45, 2.75) is 26.4 Å². The topological polar surface area (TPSA) is 95.9 Å². The second-order valence-corrected chi connectivity index (χ2v) is 6.60. The number of piperazine rings is 1. The molecule has 0 unspecified atom stereocenters. The lowest BCUT2D eigenvalue weighted by molar-refractivity contribution is -0.0289. The first-order chi connectivity index (χ1) is 11.3. The summed E-state index contributed by atoms with van der Waals surface area (Å²) in [7, 11) is 0. The summed E-state index contributed by atoms with van der Waals surface area (Å²) in [6, 6.07) is 0. The molecule has 0 aliphatic carbocycles. The minimum absolute atomic E-state index is 0.0667. The van der Waals surface area contributed by atoms with Gasteiger partial charge in [0, 0.05) is 38.6 Å². The number of carbonyl (C=O) groups excluding carboxylic acids is 3. The van der Waals surface area contributed by atoms with Gasteiger partial charge in [0.15, 0.2) is 11.4 Å². The van der Waals surface area contributed by atoms with Crippen LogP contribution in [0.25, 0.3) is 0 Å². The summed E-state index contributed by atoms with van der Waals surface area (Å²) in [4.78, 5) is 46.2. The molecule has 2 aliphatic rings. The molecule has 0 radical (unpaired) electrons. The third kappa shape index (κ3) is 2.94. The van der Waals surface area contributed by atoms with Gasteiger partial charge in [-0.15, -0.1) is 0 Å². The molecule has 1 aromatic heterocycles. The summed E-state index contributed by atoms with van der Waals surface area (Å²) in [6.07, 6.45) is 2.37. The number of carbonyl (C=O) groups is 3. The fraction of sp³-hybridized carbons (Fsp3) is 0.533. The van der Waals surface area contributed by atoms with Crippen LogP contribution >= 0.6 is 0 Å². The van der Waals surface area contributed by atoms with E-state index in [9.17, 15) is 14.4 Å². The standard InChI is InChI=1S/C15H19N5O4/c1-15(2,3)24-14(23)18-6-8-19(9-7-18)20-12(21)10-11(13(20)22)17-5-4-16-10/h4-5H,6-9H2,1-3H3. The molecule has 1 saturated heterocycles. The van der Waals surface area contributed by atoms with Gasteiger partial charge in [-0.05, 0) is 20.8 Å². The van der Waals surface area contributed by atoms with E-state index in [-0.39, 0.29) is 11.4 Å². The number of hydrogen-bond acceptors (Lipinski definition) is 7. The highest BCUT2D eigenvalue weighted by Crippen LogP contribution is 2.22. The van der Waals surface area contributed by atoms with E-state index in [4.69, 9.17) is 4.74 Å². The van der Waals surface area contributed by atoms with Gasteiger partial charge in [0.25, 0.3) is 11.8 Å². The monoisotopic (exact) mass is 333 g/mol. The Hall–Kier alpha value is -2.55. The summed E-state index contributed by atoms with van der Waals surface area (Å²) in [5.74, 6) is -0.956. The Morgan fingerprint density at radius 1 is 1.00 bits per heavy atom. The van der Waals surface area contributed by atoms with Crippen LogP contribution in [0.15, 0.2) is 12.4 Å². The van der Waals surface area contributed by atoms with Crippen molar-refractivity contribution in [3.63, 3.8) is 0 Å². The highest BCUT2D eigenvalue weighted by molar-refractivity contribution is 6.18. The van der Waals surface area contributed by atoms with Gasteiger partial charge < -0.3 is 9.64 Å². The van der Waals surface area contributed by atoms with Gasteiger partial charge in [-0.25, -0.2) is 19.8 Å². The minimum atomic E-state index is -0.561. The predicted octanol–water partition coefficient (Wildman–Crippen LogP) is 0.540. The first kappa shape index (κ1) is 16.3. The van der Waals surface area contributed by atoms with Gasteiger partial charge in [-0.1, -0.05) is 0 Å². The Morgan fingerprint density at radius 3 is 1.96 bits per heavy atom. The van der Waals surface area contributed by atoms with Crippen molar-refractivity contribution in [2.75, 3.05) is 26.2 Å². The number of hydrazine groups is 1. The maximum atomic E-state index is 12.4. The molecule has 9 heteroatoms. The van der Waals surface area contributed by atoms with Crippen molar-refractivity contribution in [2.24, 2.45) is 0 Å². The molecular formula is C15H19N5O4. The predicted molar refractivity (Wildman–Crippen MR) is 81.9 cm³/mol. The van der Waals surface area contributed by atoms with Gasteiger partial charge in [0.2, 0.25) is 0 Å². The molecule has 24 heavy (non-hydrogen) atoms. The zero-order chi connectivity index (χ0) is 17.5. The van der Waals surface area contributed by atoms with E-state index in [1.807, 2.05) is 0 Å². The van der Waals surface area contributed by atoms with Crippen LogP contribution in [0.2, 0.25) is 0 Å². The van der Waals surface area contributed by atoms with Gasteiger partial charge in [-0.3, -0.25) is 9.59 Å². The fourth-order valence-corrected chi connectivity index (χ4v) is 2.61. The molecule has 0 bridgehead atoms. The van der Waals surface area contributed by atoms with E-state index in [0.29, 0.717) is 26.2 Å². The summed E-state index contributed by atoms with van der Waals surface area (Å²) in [6.45, 7) is 6.85. The number of amides is 3. The lowest BCUT2D eigenvalue weighted by atomic mass is 10.2. The molecule has 128 valence electrons. The van der Waals surface area contributed by atoms with Crippen molar-refractivity contribution >= 4 is 17.9 Å². The smallest absolute Gasteiger partial charge is 0.410 e. The molecule has 9 nitrogen and oxygen atoms in total. The van der Waals surface area contributed by atoms with Crippen LogP contribution in [0.5, 0.6) is 0 Å². The van der Waals surface area contributed by atoms with Gasteiger partial charge in [0.05, 0.1) is 0 Å². The van der Waals surface area contributed by atoms with E-state index < -0.39 is 23.5 Å². The molecule has 0 aromatic carbocycles. The quantitative estimate of drug-likeness (QED) is 0.692. The SMILES string of the molecule is CC(C)(C)OC(=O)N1CCN(N2C(=O)c3nccnc3C2=O)CC1. The van der Waals surface area contributed by atoms with Crippen LogP contribution in [-0.2, 0) is 4.74 Å². The normalized spacial score (nSPS) is 18.8. The molecule has 0 atom stereocenters. The molecule has 0 spiro atoms. The number of hydrogen-bond donors (Lipinski definition) is 0. The Morgan fingerprint density at radius 2 is 1.50 bits per heavy atom. The van der Waals surface area contributed by atoms with E-state index in [1.54, 1.807) is 30.7 Å². The van der Waals surface area contributed by atoms with Crippen molar-refractivity contribution < 1.29 is 19.1 Å². The van der Waals surface area contributed by atoms with Gasteiger partial charge >= 0.3 is 6.09 Å². The summed E-state index contributed by atoms with van der Waals surface area (Å²) in [5, 5.41) is 2.69. The van der Waals surface area contributed by atoms with E-state index in [2.05, 4.69) is 9.97 Å². The first-order valence-electron chi connectivity index (χ1n) is 7.70. The molecule has 0 saturated carbocycles. The summed E-state index contributed by atoms with van der Waals surface area (Å²) >= 11 is 0. The van der Waals surface area contributed by atoms with Crippen molar-refractivity contribution in [3.8, 4) is 0 Å².